The third-order valence-electron chi connectivity index (χ3n) is 4.47. The molecule has 0 aromatic heterocycles. The van der Waals surface area contributed by atoms with Crippen molar-refractivity contribution in [2.45, 2.75) is 30.8 Å². The Kier molecular flexibility index (Phi) is 7.12. The van der Waals surface area contributed by atoms with Crippen molar-refractivity contribution in [1.82, 2.24) is 0 Å². The minimum Gasteiger partial charge on any atom is -0.744 e. The maximum absolute atomic E-state index is 11.8. The molecule has 0 fully saturated rings. The molecule has 1 aliphatic rings. The van der Waals surface area contributed by atoms with Crippen LogP contribution in [0.4, 0.5) is 0 Å². The molecule has 2 aromatic carbocycles. The molecule has 6 nitrogen and oxygen atoms in total. The first-order valence-corrected chi connectivity index (χ1v) is 11.3. The van der Waals surface area contributed by atoms with E-state index >= 15 is 0 Å². The number of benzene rings is 2. The van der Waals surface area contributed by atoms with Crippen molar-refractivity contribution in [3.63, 3.8) is 0 Å². The van der Waals surface area contributed by atoms with E-state index in [-0.39, 0.29) is 40.5 Å². The fourth-order valence-corrected chi connectivity index (χ4v) is 6.20. The van der Waals surface area contributed by atoms with Crippen LogP contribution in [-0.4, -0.2) is 38.7 Å². The van der Waals surface area contributed by atoms with Gasteiger partial charge in [-0.3, -0.25) is 0 Å². The van der Waals surface area contributed by atoms with E-state index in [4.69, 9.17) is 14.2 Å². The summed E-state index contributed by atoms with van der Waals surface area (Å²) in [6.45, 7) is 6.46. The summed E-state index contributed by atoms with van der Waals surface area (Å²) in [7, 11) is -2.55. The van der Waals surface area contributed by atoms with E-state index in [9.17, 15) is 13.0 Å². The predicted octanol–water partition coefficient (Wildman–Crippen LogP) is 0.534. The molecule has 28 heavy (non-hydrogen) atoms. The van der Waals surface area contributed by atoms with Gasteiger partial charge in [0.2, 0.25) is 0 Å². The zero-order valence-electron chi connectivity index (χ0n) is 16.9. The summed E-state index contributed by atoms with van der Waals surface area (Å²) >= 11 is 0. The van der Waals surface area contributed by atoms with Crippen LogP contribution in [0.3, 0.4) is 0 Å². The first-order valence-electron chi connectivity index (χ1n) is 8.34. The Labute approximate surface area is 189 Å². The van der Waals surface area contributed by atoms with E-state index in [1.807, 2.05) is 18.2 Å². The summed E-state index contributed by atoms with van der Waals surface area (Å²) in [4.78, 5) is -0.405. The van der Waals surface area contributed by atoms with Gasteiger partial charge in [-0.15, -0.1) is 0 Å². The molecule has 1 atom stereocenters. The predicted molar refractivity (Wildman–Crippen MR) is 105 cm³/mol. The van der Waals surface area contributed by atoms with Crippen molar-refractivity contribution in [3.8, 4) is 28.4 Å². The van der Waals surface area contributed by atoms with Crippen LogP contribution in [0.5, 0.6) is 17.2 Å². The third kappa shape index (κ3) is 4.20. The van der Waals surface area contributed by atoms with Crippen molar-refractivity contribution >= 4 is 23.3 Å². The maximum Gasteiger partial charge on any atom is 1.00 e. The van der Waals surface area contributed by atoms with Crippen LogP contribution in [0, 0.1) is 0 Å². The number of fused-ring (bicyclic) bond motifs is 1. The minimum absolute atomic E-state index is 0. The summed E-state index contributed by atoms with van der Waals surface area (Å²) in [6.07, 6.45) is 0.593. The van der Waals surface area contributed by atoms with Gasteiger partial charge in [-0.2, -0.15) is 0 Å². The molecule has 9 heteroatoms. The smallest absolute Gasteiger partial charge is 0.744 e. The first kappa shape index (κ1) is 23.5. The summed E-state index contributed by atoms with van der Waals surface area (Å²) in [5.74, 6) is 1.20. The average molecular weight is 432 g/mol. The minimum atomic E-state index is -4.71. The van der Waals surface area contributed by atoms with E-state index in [2.05, 4.69) is 20.8 Å². The molecule has 0 radical (unpaired) electrons. The average Bonchev–Trinajstić information content (AvgIpc) is 3.04. The molecule has 0 amide bonds. The molecule has 2 aromatic rings. The van der Waals surface area contributed by atoms with Crippen LogP contribution in [0.15, 0.2) is 35.2 Å². The topological polar surface area (TPSA) is 84.9 Å². The van der Waals surface area contributed by atoms with Gasteiger partial charge >= 0.3 is 29.6 Å². The van der Waals surface area contributed by atoms with Gasteiger partial charge in [0.1, 0.15) is 33.7 Å². The molecule has 1 aliphatic heterocycles. The van der Waals surface area contributed by atoms with Crippen molar-refractivity contribution < 1.29 is 56.7 Å². The second kappa shape index (κ2) is 8.50. The van der Waals surface area contributed by atoms with Gasteiger partial charge in [-0.1, -0.05) is 32.9 Å². The fourth-order valence-electron chi connectivity index (χ4n) is 3.22. The molecular weight excluding hydrogens is 410 g/mol. The van der Waals surface area contributed by atoms with Gasteiger partial charge in [0.25, 0.3) is 0 Å². The Morgan fingerprint density at radius 1 is 1.11 bits per heavy atom. The Hall–Kier alpha value is -0.820. The van der Waals surface area contributed by atoms with Gasteiger partial charge in [0.05, 0.1) is 24.7 Å². The van der Waals surface area contributed by atoms with Crippen LogP contribution in [0.25, 0.3) is 11.1 Å². The van der Waals surface area contributed by atoms with Gasteiger partial charge in [-0.05, 0) is 31.3 Å². The summed E-state index contributed by atoms with van der Waals surface area (Å²) in [6, 6.07) is 8.33. The monoisotopic (exact) mass is 432 g/mol. The van der Waals surface area contributed by atoms with Crippen LogP contribution >= 0.6 is 7.92 Å². The van der Waals surface area contributed by atoms with E-state index in [1.54, 1.807) is 0 Å². The summed E-state index contributed by atoms with van der Waals surface area (Å²) in [5.41, 5.74) is 1.22. The Balaban J connectivity index is 0.00000280. The van der Waals surface area contributed by atoms with Gasteiger partial charge in [0, 0.05) is 10.9 Å². The molecule has 1 heterocycles. The normalized spacial score (nSPS) is 16.0. The number of rotatable bonds is 4. The molecular formula is C19H22NaO6PS. The van der Waals surface area contributed by atoms with E-state index < -0.39 is 22.9 Å². The standard InChI is InChI=1S/C19H23O6PS.Na/c1-19(2,3)26-11-25-14-8-6-7-12(18(14)26)16-13(23-4)9-10-15(17(16)24-5)27(20,21)22;/h6-10H,11H2,1-5H3,(H,20,21,22);/q;+1/p-1/t26-;/m1./s1. The Morgan fingerprint density at radius 3 is 2.32 bits per heavy atom. The molecule has 0 bridgehead atoms. The van der Waals surface area contributed by atoms with Crippen LogP contribution in [0.1, 0.15) is 20.8 Å². The molecule has 0 aliphatic carbocycles. The Bertz CT molecular complexity index is 985. The first-order chi connectivity index (χ1) is 12.6. The van der Waals surface area contributed by atoms with Gasteiger partial charge in [-0.25, -0.2) is 8.42 Å². The van der Waals surface area contributed by atoms with Crippen molar-refractivity contribution in [3.05, 3.63) is 30.3 Å². The van der Waals surface area contributed by atoms with Crippen LogP contribution < -0.4 is 49.1 Å². The number of methoxy groups -OCH3 is 2. The SMILES string of the molecule is COc1ccc(S(=O)(=O)[O-])c(OC)c1-c1cccc2c1[P@](C(C)(C)C)CO2.[Na+]. The fraction of sp³-hybridized carbons (Fsp3) is 0.368. The van der Waals surface area contributed by atoms with E-state index in [1.165, 1.54) is 26.4 Å². The quantitative estimate of drug-likeness (QED) is 0.398. The molecule has 0 spiro atoms. The zero-order chi connectivity index (χ0) is 20.0. The van der Waals surface area contributed by atoms with Crippen LogP contribution in [-0.2, 0) is 10.1 Å². The van der Waals surface area contributed by atoms with Crippen molar-refractivity contribution in [1.29, 1.82) is 0 Å². The van der Waals surface area contributed by atoms with E-state index in [0.29, 0.717) is 17.7 Å². The summed E-state index contributed by atoms with van der Waals surface area (Å²) < 4.78 is 52.0. The number of ether oxygens (including phenoxy) is 3. The van der Waals surface area contributed by atoms with Crippen molar-refractivity contribution in [2.75, 3.05) is 20.6 Å². The Morgan fingerprint density at radius 2 is 1.79 bits per heavy atom. The molecule has 146 valence electrons. The van der Waals surface area contributed by atoms with Crippen LogP contribution in [0.2, 0.25) is 0 Å². The number of hydrogen-bond donors (Lipinski definition) is 0. The van der Waals surface area contributed by atoms with Gasteiger partial charge < -0.3 is 18.8 Å². The van der Waals surface area contributed by atoms with E-state index in [0.717, 1.165) is 16.6 Å². The van der Waals surface area contributed by atoms with Crippen molar-refractivity contribution in [2.24, 2.45) is 0 Å². The largest absolute Gasteiger partial charge is 1.00 e. The molecule has 0 N–H and O–H groups in total. The molecule has 0 saturated carbocycles. The maximum atomic E-state index is 11.8. The second-order valence-electron chi connectivity index (χ2n) is 7.15. The molecule has 3 rings (SSSR count). The van der Waals surface area contributed by atoms with Gasteiger partial charge in [0.15, 0.2) is 0 Å². The molecule has 0 unspecified atom stereocenters. The summed E-state index contributed by atoms with van der Waals surface area (Å²) in [5, 5.41) is 1.01. The third-order valence-corrected chi connectivity index (χ3v) is 8.34. The number of hydrogen-bond acceptors (Lipinski definition) is 6. The molecule has 0 saturated heterocycles. The zero-order valence-corrected chi connectivity index (χ0v) is 20.6. The second-order valence-corrected chi connectivity index (χ2v) is 11.4.